The van der Waals surface area contributed by atoms with Gasteiger partial charge in [0.1, 0.15) is 5.75 Å². The molecular formula is C16H17IN2O2. The quantitative estimate of drug-likeness (QED) is 0.758. The predicted octanol–water partition coefficient (Wildman–Crippen LogP) is 3.66. The first-order valence-electron chi connectivity index (χ1n) is 6.61. The molecule has 0 saturated carbocycles. The molecule has 0 heterocycles. The van der Waals surface area contributed by atoms with Gasteiger partial charge in [-0.1, -0.05) is 24.3 Å². The van der Waals surface area contributed by atoms with Crippen LogP contribution in [0.5, 0.6) is 5.75 Å². The third-order valence-corrected chi connectivity index (χ3v) is 3.92. The van der Waals surface area contributed by atoms with Gasteiger partial charge in [0, 0.05) is 10.1 Å². The first kappa shape index (κ1) is 15.6. The number of urea groups is 1. The van der Waals surface area contributed by atoms with Gasteiger partial charge >= 0.3 is 6.03 Å². The number of halogens is 1. The molecule has 0 fully saturated rings. The topological polar surface area (TPSA) is 50.4 Å². The molecule has 5 heteroatoms. The Hall–Kier alpha value is -1.76. The van der Waals surface area contributed by atoms with Crippen molar-refractivity contribution in [3.63, 3.8) is 0 Å². The second-order valence-electron chi connectivity index (χ2n) is 4.46. The SMILES string of the molecule is COc1ccc(CCNC(=O)Nc2ccccc2I)cc1. The van der Waals surface area contributed by atoms with E-state index in [-0.39, 0.29) is 6.03 Å². The fraction of sp³-hybridized carbons (Fsp3) is 0.188. The van der Waals surface area contributed by atoms with Crippen LogP contribution >= 0.6 is 22.6 Å². The van der Waals surface area contributed by atoms with Gasteiger partial charge in [0.2, 0.25) is 0 Å². The zero-order valence-electron chi connectivity index (χ0n) is 11.7. The minimum absolute atomic E-state index is 0.187. The molecule has 0 aliphatic rings. The molecule has 2 aromatic rings. The maximum atomic E-state index is 11.8. The fourth-order valence-corrected chi connectivity index (χ4v) is 2.36. The number of carbonyl (C=O) groups is 1. The summed E-state index contributed by atoms with van der Waals surface area (Å²) in [5.74, 6) is 0.836. The fourth-order valence-electron chi connectivity index (χ4n) is 1.84. The highest BCUT2D eigenvalue weighted by Gasteiger charge is 2.04. The third kappa shape index (κ3) is 4.93. The number of amides is 2. The van der Waals surface area contributed by atoms with E-state index < -0.39 is 0 Å². The molecule has 0 spiro atoms. The van der Waals surface area contributed by atoms with E-state index in [2.05, 4.69) is 33.2 Å². The first-order valence-corrected chi connectivity index (χ1v) is 7.69. The number of rotatable bonds is 5. The highest BCUT2D eigenvalue weighted by molar-refractivity contribution is 14.1. The van der Waals surface area contributed by atoms with Crippen LogP contribution in [0.1, 0.15) is 5.56 Å². The van der Waals surface area contributed by atoms with Crippen molar-refractivity contribution in [2.24, 2.45) is 0 Å². The predicted molar refractivity (Wildman–Crippen MR) is 92.9 cm³/mol. The van der Waals surface area contributed by atoms with Gasteiger partial charge < -0.3 is 15.4 Å². The Labute approximate surface area is 138 Å². The molecule has 0 bridgehead atoms. The highest BCUT2D eigenvalue weighted by Crippen LogP contribution is 2.16. The van der Waals surface area contributed by atoms with Crippen LogP contribution in [0.15, 0.2) is 48.5 Å². The molecule has 0 aliphatic heterocycles. The number of ether oxygens (including phenoxy) is 1. The summed E-state index contributed by atoms with van der Waals surface area (Å²) in [4.78, 5) is 11.8. The Morgan fingerprint density at radius 3 is 2.52 bits per heavy atom. The van der Waals surface area contributed by atoms with E-state index in [1.807, 2.05) is 48.5 Å². The molecular weight excluding hydrogens is 379 g/mol. The van der Waals surface area contributed by atoms with Gasteiger partial charge in [-0.15, -0.1) is 0 Å². The van der Waals surface area contributed by atoms with Crippen LogP contribution in [0, 0.1) is 3.57 Å². The van der Waals surface area contributed by atoms with Crippen molar-refractivity contribution in [3.8, 4) is 5.75 Å². The van der Waals surface area contributed by atoms with Gasteiger partial charge in [-0.05, 0) is 58.8 Å². The molecule has 0 unspecified atom stereocenters. The molecule has 2 N–H and O–H groups in total. The molecule has 2 amide bonds. The van der Waals surface area contributed by atoms with E-state index in [1.54, 1.807) is 7.11 Å². The van der Waals surface area contributed by atoms with Crippen molar-refractivity contribution in [2.75, 3.05) is 19.0 Å². The summed E-state index contributed by atoms with van der Waals surface area (Å²) >= 11 is 2.19. The Morgan fingerprint density at radius 2 is 1.86 bits per heavy atom. The molecule has 2 rings (SSSR count). The van der Waals surface area contributed by atoms with Crippen molar-refractivity contribution >= 4 is 34.3 Å². The van der Waals surface area contributed by atoms with Crippen molar-refractivity contribution < 1.29 is 9.53 Å². The van der Waals surface area contributed by atoms with Crippen LogP contribution in [-0.2, 0) is 6.42 Å². The Bertz CT molecular complexity index is 599. The standard InChI is InChI=1S/C16H17IN2O2/c1-21-13-8-6-12(7-9-13)10-11-18-16(20)19-15-5-3-2-4-14(15)17/h2-9H,10-11H2,1H3,(H2,18,19,20). The second kappa shape index (κ2) is 7.87. The summed E-state index contributed by atoms with van der Waals surface area (Å²) < 4.78 is 6.12. The average molecular weight is 396 g/mol. The van der Waals surface area contributed by atoms with Crippen molar-refractivity contribution in [2.45, 2.75) is 6.42 Å². The average Bonchev–Trinajstić information content (AvgIpc) is 2.50. The summed E-state index contributed by atoms with van der Waals surface area (Å²) in [7, 11) is 1.64. The molecule has 4 nitrogen and oxygen atoms in total. The van der Waals surface area contributed by atoms with Crippen molar-refractivity contribution in [1.82, 2.24) is 5.32 Å². The zero-order chi connectivity index (χ0) is 15.1. The number of hydrogen-bond acceptors (Lipinski definition) is 2. The van der Waals surface area contributed by atoms with E-state index in [1.165, 1.54) is 0 Å². The van der Waals surface area contributed by atoms with Crippen molar-refractivity contribution in [1.29, 1.82) is 0 Å². The van der Waals surface area contributed by atoms with Crippen LogP contribution in [0.3, 0.4) is 0 Å². The Balaban J connectivity index is 1.77. The number of benzene rings is 2. The second-order valence-corrected chi connectivity index (χ2v) is 5.62. The first-order chi connectivity index (χ1) is 10.2. The summed E-state index contributed by atoms with van der Waals surface area (Å²) in [6, 6.07) is 15.3. The number of nitrogens with one attached hydrogen (secondary N) is 2. The summed E-state index contributed by atoms with van der Waals surface area (Å²) in [5.41, 5.74) is 1.98. The van der Waals surface area contributed by atoms with Gasteiger partial charge in [0.15, 0.2) is 0 Å². The van der Waals surface area contributed by atoms with E-state index in [4.69, 9.17) is 4.74 Å². The lowest BCUT2D eigenvalue weighted by Crippen LogP contribution is -2.30. The molecule has 0 aliphatic carbocycles. The van der Waals surface area contributed by atoms with E-state index >= 15 is 0 Å². The number of carbonyl (C=O) groups excluding carboxylic acids is 1. The van der Waals surface area contributed by atoms with Gasteiger partial charge in [-0.25, -0.2) is 4.79 Å². The molecule has 0 radical (unpaired) electrons. The molecule has 0 aromatic heterocycles. The van der Waals surface area contributed by atoms with Gasteiger partial charge in [-0.2, -0.15) is 0 Å². The molecule has 0 atom stereocenters. The molecule has 0 saturated heterocycles. The number of para-hydroxylation sites is 1. The maximum Gasteiger partial charge on any atom is 0.319 e. The Morgan fingerprint density at radius 1 is 1.14 bits per heavy atom. The largest absolute Gasteiger partial charge is 0.497 e. The molecule has 21 heavy (non-hydrogen) atoms. The maximum absolute atomic E-state index is 11.8. The van der Waals surface area contributed by atoms with Gasteiger partial charge in [0.05, 0.1) is 12.8 Å². The number of hydrogen-bond donors (Lipinski definition) is 2. The van der Waals surface area contributed by atoms with Crippen LogP contribution in [0.4, 0.5) is 10.5 Å². The monoisotopic (exact) mass is 396 g/mol. The Kier molecular flexibility index (Phi) is 5.86. The van der Waals surface area contributed by atoms with Crippen LogP contribution in [0.2, 0.25) is 0 Å². The third-order valence-electron chi connectivity index (χ3n) is 2.98. The normalized spacial score (nSPS) is 10.0. The van der Waals surface area contributed by atoms with E-state index in [0.29, 0.717) is 6.54 Å². The van der Waals surface area contributed by atoms with Crippen LogP contribution in [0.25, 0.3) is 0 Å². The van der Waals surface area contributed by atoms with Gasteiger partial charge in [-0.3, -0.25) is 0 Å². The zero-order valence-corrected chi connectivity index (χ0v) is 13.9. The number of anilines is 1. The van der Waals surface area contributed by atoms with E-state index in [0.717, 1.165) is 27.0 Å². The van der Waals surface area contributed by atoms with E-state index in [9.17, 15) is 4.79 Å². The smallest absolute Gasteiger partial charge is 0.319 e. The summed E-state index contributed by atoms with van der Waals surface area (Å²) in [5, 5.41) is 5.69. The van der Waals surface area contributed by atoms with Crippen LogP contribution < -0.4 is 15.4 Å². The minimum atomic E-state index is -0.187. The minimum Gasteiger partial charge on any atom is -0.497 e. The lowest BCUT2D eigenvalue weighted by Gasteiger charge is -2.09. The van der Waals surface area contributed by atoms with Gasteiger partial charge in [0.25, 0.3) is 0 Å². The summed E-state index contributed by atoms with van der Waals surface area (Å²) in [6.07, 6.45) is 0.781. The summed E-state index contributed by atoms with van der Waals surface area (Å²) in [6.45, 7) is 0.585. The molecule has 110 valence electrons. The highest BCUT2D eigenvalue weighted by atomic mass is 127. The lowest BCUT2D eigenvalue weighted by molar-refractivity contribution is 0.252. The van der Waals surface area contributed by atoms with Crippen molar-refractivity contribution in [3.05, 3.63) is 57.7 Å². The lowest BCUT2D eigenvalue weighted by atomic mass is 10.1. The van der Waals surface area contributed by atoms with Crippen LogP contribution in [-0.4, -0.2) is 19.7 Å². The molecule has 2 aromatic carbocycles. The number of methoxy groups -OCH3 is 1.